The van der Waals surface area contributed by atoms with Crippen molar-refractivity contribution in [3.63, 3.8) is 0 Å². The molecule has 0 amide bonds. The summed E-state index contributed by atoms with van der Waals surface area (Å²) in [5.41, 5.74) is 2.26. The van der Waals surface area contributed by atoms with Crippen molar-refractivity contribution in [3.8, 4) is 5.75 Å². The maximum atomic E-state index is 10.1. The van der Waals surface area contributed by atoms with E-state index in [9.17, 15) is 5.11 Å². The summed E-state index contributed by atoms with van der Waals surface area (Å²) in [4.78, 5) is 2.47. The number of hydrogen-bond donors (Lipinski definition) is 1. The quantitative estimate of drug-likeness (QED) is 0.842. The van der Waals surface area contributed by atoms with Crippen LogP contribution in [0.25, 0.3) is 0 Å². The average molecular weight is 249 g/mol. The number of phenols is 1. The zero-order valence-corrected chi connectivity index (χ0v) is 12.6. The van der Waals surface area contributed by atoms with Gasteiger partial charge in [0.1, 0.15) is 5.75 Å². The van der Waals surface area contributed by atoms with E-state index < -0.39 is 0 Å². The second-order valence-electron chi connectivity index (χ2n) is 5.62. The number of hydrogen-bond acceptors (Lipinski definition) is 2. The molecule has 0 spiro atoms. The van der Waals surface area contributed by atoms with Crippen molar-refractivity contribution in [2.24, 2.45) is 0 Å². The van der Waals surface area contributed by atoms with Crippen molar-refractivity contribution >= 4 is 0 Å². The molecule has 0 saturated heterocycles. The molecule has 2 heteroatoms. The van der Waals surface area contributed by atoms with Gasteiger partial charge in [-0.15, -0.1) is 0 Å². The lowest BCUT2D eigenvalue weighted by atomic mass is 9.97. The third kappa shape index (κ3) is 3.26. The van der Waals surface area contributed by atoms with Crippen molar-refractivity contribution < 1.29 is 5.11 Å². The first-order chi connectivity index (χ1) is 8.38. The van der Waals surface area contributed by atoms with E-state index >= 15 is 0 Å². The lowest BCUT2D eigenvalue weighted by Crippen LogP contribution is -2.40. The van der Waals surface area contributed by atoms with Crippen molar-refractivity contribution in [3.05, 3.63) is 29.3 Å². The van der Waals surface area contributed by atoms with Crippen molar-refractivity contribution in [2.45, 2.75) is 66.1 Å². The molecule has 2 nitrogen and oxygen atoms in total. The Morgan fingerprint density at radius 1 is 1.11 bits per heavy atom. The summed E-state index contributed by atoms with van der Waals surface area (Å²) in [6.07, 6.45) is 1.01. The number of nitrogens with zero attached hydrogens (tertiary/aromatic N) is 1. The Kier molecular flexibility index (Phi) is 5.21. The fourth-order valence-electron chi connectivity index (χ4n) is 2.85. The summed E-state index contributed by atoms with van der Waals surface area (Å²) < 4.78 is 0. The Bertz CT molecular complexity index is 377. The van der Waals surface area contributed by atoms with Crippen LogP contribution in [0.2, 0.25) is 0 Å². The predicted molar refractivity (Wildman–Crippen MR) is 78.0 cm³/mol. The van der Waals surface area contributed by atoms with Crippen LogP contribution in [-0.2, 0) is 0 Å². The summed E-state index contributed by atoms with van der Waals surface area (Å²) in [5.74, 6) is 0.416. The van der Waals surface area contributed by atoms with E-state index in [0.29, 0.717) is 17.8 Å². The van der Waals surface area contributed by atoms with Crippen molar-refractivity contribution in [2.75, 3.05) is 0 Å². The third-order valence-electron chi connectivity index (χ3n) is 3.48. The monoisotopic (exact) mass is 249 g/mol. The highest BCUT2D eigenvalue weighted by Crippen LogP contribution is 2.34. The highest BCUT2D eigenvalue weighted by atomic mass is 16.3. The molecule has 1 aromatic carbocycles. The van der Waals surface area contributed by atoms with Crippen LogP contribution in [0.3, 0.4) is 0 Å². The maximum absolute atomic E-state index is 10.1. The van der Waals surface area contributed by atoms with Crippen LogP contribution in [0.4, 0.5) is 0 Å². The molecule has 0 bridgehead atoms. The maximum Gasteiger partial charge on any atom is 0.120 e. The fourth-order valence-corrected chi connectivity index (χ4v) is 2.85. The molecule has 0 fully saturated rings. The van der Waals surface area contributed by atoms with Crippen LogP contribution >= 0.6 is 0 Å². The van der Waals surface area contributed by atoms with Gasteiger partial charge in [0.2, 0.25) is 0 Å². The van der Waals surface area contributed by atoms with E-state index in [2.05, 4.69) is 52.5 Å². The lowest BCUT2D eigenvalue weighted by molar-refractivity contribution is 0.107. The highest BCUT2D eigenvalue weighted by molar-refractivity contribution is 5.38. The second kappa shape index (κ2) is 6.24. The van der Waals surface area contributed by atoms with Gasteiger partial charge in [0, 0.05) is 23.7 Å². The van der Waals surface area contributed by atoms with Crippen LogP contribution in [0, 0.1) is 6.92 Å². The van der Waals surface area contributed by atoms with Gasteiger partial charge in [0.05, 0.1) is 0 Å². The lowest BCUT2D eigenvalue weighted by Gasteiger charge is -2.38. The minimum atomic E-state index is 0.282. The summed E-state index contributed by atoms with van der Waals surface area (Å²) in [5, 5.41) is 10.1. The Morgan fingerprint density at radius 2 is 1.67 bits per heavy atom. The number of rotatable bonds is 5. The van der Waals surface area contributed by atoms with E-state index in [1.807, 2.05) is 12.1 Å². The topological polar surface area (TPSA) is 23.5 Å². The predicted octanol–water partition coefficient (Wildman–Crippen LogP) is 4.27. The number of phenolic OH excluding ortho intramolecular Hbond substituents is 1. The molecule has 1 rings (SSSR count). The summed E-state index contributed by atoms with van der Waals surface area (Å²) >= 11 is 0. The van der Waals surface area contributed by atoms with Crippen molar-refractivity contribution in [1.82, 2.24) is 4.90 Å². The molecule has 0 aliphatic heterocycles. The Labute approximate surface area is 112 Å². The SMILES string of the molecule is CC[C@H](c1cc(C)ccc1O)N(C(C)C)C(C)C. The molecule has 0 radical (unpaired) electrons. The smallest absolute Gasteiger partial charge is 0.120 e. The molecule has 18 heavy (non-hydrogen) atoms. The van der Waals surface area contributed by atoms with Gasteiger partial charge in [-0.2, -0.15) is 0 Å². The van der Waals surface area contributed by atoms with Crippen LogP contribution < -0.4 is 0 Å². The zero-order valence-electron chi connectivity index (χ0n) is 12.6. The Morgan fingerprint density at radius 3 is 2.11 bits per heavy atom. The van der Waals surface area contributed by atoms with Gasteiger partial charge < -0.3 is 5.11 Å². The second-order valence-corrected chi connectivity index (χ2v) is 5.62. The van der Waals surface area contributed by atoms with Gasteiger partial charge in [-0.3, -0.25) is 4.90 Å². The molecule has 0 aliphatic rings. The Hall–Kier alpha value is -1.02. The van der Waals surface area contributed by atoms with Crippen LogP contribution in [0.5, 0.6) is 5.75 Å². The molecule has 1 N–H and O–H groups in total. The first-order valence-electron chi connectivity index (χ1n) is 6.95. The van der Waals surface area contributed by atoms with E-state index in [1.165, 1.54) is 5.56 Å². The number of aryl methyl sites for hydroxylation is 1. The van der Waals surface area contributed by atoms with Crippen LogP contribution in [0.15, 0.2) is 18.2 Å². The standard InChI is InChI=1S/C16H27NO/c1-7-15(17(11(2)3)12(4)5)14-10-13(6)8-9-16(14)18/h8-12,15,18H,7H2,1-6H3/t15-/m1/s1. The first-order valence-corrected chi connectivity index (χ1v) is 6.95. The van der Waals surface area contributed by atoms with Gasteiger partial charge in [0.25, 0.3) is 0 Å². The van der Waals surface area contributed by atoms with Crippen molar-refractivity contribution in [1.29, 1.82) is 0 Å². The van der Waals surface area contributed by atoms with E-state index in [1.54, 1.807) is 0 Å². The van der Waals surface area contributed by atoms with E-state index in [0.717, 1.165) is 12.0 Å². The molecule has 0 aliphatic carbocycles. The highest BCUT2D eigenvalue weighted by Gasteiger charge is 2.25. The summed E-state index contributed by atoms with van der Waals surface area (Å²) in [7, 11) is 0. The molecule has 0 aromatic heterocycles. The minimum Gasteiger partial charge on any atom is -0.508 e. The number of benzene rings is 1. The van der Waals surface area contributed by atoms with E-state index in [4.69, 9.17) is 0 Å². The minimum absolute atomic E-state index is 0.282. The normalized spacial score (nSPS) is 13.6. The number of aromatic hydroxyl groups is 1. The van der Waals surface area contributed by atoms with Crippen LogP contribution in [-0.4, -0.2) is 22.1 Å². The largest absolute Gasteiger partial charge is 0.508 e. The molecule has 0 saturated carbocycles. The Balaban J connectivity index is 3.18. The van der Waals surface area contributed by atoms with Gasteiger partial charge in [0.15, 0.2) is 0 Å². The molecule has 1 atom stereocenters. The molecule has 102 valence electrons. The third-order valence-corrected chi connectivity index (χ3v) is 3.48. The van der Waals surface area contributed by atoms with E-state index in [-0.39, 0.29) is 6.04 Å². The average Bonchev–Trinajstić information content (AvgIpc) is 2.28. The first kappa shape index (κ1) is 15.0. The molecule has 0 heterocycles. The molecular formula is C16H27NO. The molecular weight excluding hydrogens is 222 g/mol. The van der Waals surface area contributed by atoms with Gasteiger partial charge in [-0.05, 0) is 47.1 Å². The van der Waals surface area contributed by atoms with Gasteiger partial charge in [-0.1, -0.05) is 24.6 Å². The molecule has 1 aromatic rings. The fraction of sp³-hybridized carbons (Fsp3) is 0.625. The van der Waals surface area contributed by atoms with Gasteiger partial charge >= 0.3 is 0 Å². The molecule has 0 unspecified atom stereocenters. The van der Waals surface area contributed by atoms with Crippen LogP contribution in [0.1, 0.15) is 58.2 Å². The summed E-state index contributed by atoms with van der Waals surface area (Å²) in [6.45, 7) is 13.1. The van der Waals surface area contributed by atoms with Gasteiger partial charge in [-0.25, -0.2) is 0 Å². The summed E-state index contributed by atoms with van der Waals surface area (Å²) in [6, 6.07) is 7.10. The zero-order chi connectivity index (χ0) is 13.9.